The van der Waals surface area contributed by atoms with Gasteiger partial charge in [0.25, 0.3) is 10.0 Å². The van der Waals surface area contributed by atoms with Crippen molar-refractivity contribution in [1.82, 2.24) is 10.2 Å². The Morgan fingerprint density at radius 1 is 0.846 bits per heavy atom. The van der Waals surface area contributed by atoms with Gasteiger partial charge in [0.1, 0.15) is 12.6 Å². The van der Waals surface area contributed by atoms with Gasteiger partial charge in [0.15, 0.2) is 0 Å². The van der Waals surface area contributed by atoms with Crippen LogP contribution >= 0.6 is 0 Å². The van der Waals surface area contributed by atoms with E-state index in [4.69, 9.17) is 0 Å². The Morgan fingerprint density at radius 3 is 2.08 bits per heavy atom. The molecule has 0 radical (unpaired) electrons. The molecule has 39 heavy (non-hydrogen) atoms. The fourth-order valence-corrected chi connectivity index (χ4v) is 5.96. The molecule has 0 fully saturated rings. The van der Waals surface area contributed by atoms with Gasteiger partial charge in [0, 0.05) is 13.1 Å². The lowest BCUT2D eigenvalue weighted by Gasteiger charge is -2.33. The van der Waals surface area contributed by atoms with E-state index in [2.05, 4.69) is 5.32 Å². The number of hydrogen-bond acceptors (Lipinski definition) is 4. The van der Waals surface area contributed by atoms with Crippen LogP contribution in [-0.2, 0) is 32.6 Å². The fraction of sp³-hybridized carbons (Fsp3) is 0.355. The highest BCUT2D eigenvalue weighted by Crippen LogP contribution is 2.28. The van der Waals surface area contributed by atoms with Gasteiger partial charge in [-0.3, -0.25) is 13.9 Å². The maximum atomic E-state index is 14.1. The summed E-state index contributed by atoms with van der Waals surface area (Å²) in [7, 11) is -4.07. The van der Waals surface area contributed by atoms with Crippen LogP contribution in [0, 0.1) is 0 Å². The molecular formula is C31H39N3O4S. The van der Waals surface area contributed by atoms with Crippen molar-refractivity contribution in [2.45, 2.75) is 63.9 Å². The van der Waals surface area contributed by atoms with E-state index in [-0.39, 0.29) is 17.3 Å². The molecule has 0 aliphatic rings. The van der Waals surface area contributed by atoms with Gasteiger partial charge in [-0.05, 0) is 48.6 Å². The number of benzene rings is 3. The second-order valence-electron chi connectivity index (χ2n) is 9.38. The Morgan fingerprint density at radius 2 is 1.46 bits per heavy atom. The minimum absolute atomic E-state index is 0.0997. The monoisotopic (exact) mass is 549 g/mol. The Hall–Kier alpha value is -3.65. The van der Waals surface area contributed by atoms with Crippen LogP contribution in [0.5, 0.6) is 0 Å². The van der Waals surface area contributed by atoms with Gasteiger partial charge in [-0.1, -0.05) is 93.9 Å². The SMILES string of the molecule is CCCCNC(=O)[C@H](CC)N(Cc1ccccc1)C(=O)CN(c1ccccc1CC)S(=O)(=O)c1ccccc1. The van der Waals surface area contributed by atoms with Crippen molar-refractivity contribution in [2.75, 3.05) is 17.4 Å². The Balaban J connectivity index is 2.04. The lowest BCUT2D eigenvalue weighted by Crippen LogP contribution is -2.52. The number of carbonyl (C=O) groups is 2. The molecule has 1 atom stereocenters. The quantitative estimate of drug-likeness (QED) is 0.281. The number of sulfonamides is 1. The summed E-state index contributed by atoms with van der Waals surface area (Å²) in [5.74, 6) is -0.677. The van der Waals surface area contributed by atoms with Crippen molar-refractivity contribution in [3.8, 4) is 0 Å². The number of nitrogens with zero attached hydrogens (tertiary/aromatic N) is 2. The molecule has 3 rings (SSSR count). The number of amides is 2. The normalized spacial score (nSPS) is 12.0. The van der Waals surface area contributed by atoms with Crippen LogP contribution in [0.3, 0.4) is 0 Å². The van der Waals surface area contributed by atoms with Crippen molar-refractivity contribution in [1.29, 1.82) is 0 Å². The number of para-hydroxylation sites is 1. The summed E-state index contributed by atoms with van der Waals surface area (Å²) in [5, 5.41) is 2.95. The van der Waals surface area contributed by atoms with Gasteiger partial charge >= 0.3 is 0 Å². The van der Waals surface area contributed by atoms with Crippen LogP contribution in [0.2, 0.25) is 0 Å². The summed E-state index contributed by atoms with van der Waals surface area (Å²) in [5.41, 5.74) is 2.12. The zero-order valence-electron chi connectivity index (χ0n) is 23.0. The van der Waals surface area contributed by atoms with E-state index in [9.17, 15) is 18.0 Å². The van der Waals surface area contributed by atoms with Crippen LogP contribution in [0.15, 0.2) is 89.8 Å². The molecule has 0 aliphatic carbocycles. The second kappa shape index (κ2) is 14.5. The van der Waals surface area contributed by atoms with Gasteiger partial charge < -0.3 is 10.2 Å². The molecule has 0 unspecified atom stereocenters. The summed E-state index contributed by atoms with van der Waals surface area (Å²) >= 11 is 0. The maximum Gasteiger partial charge on any atom is 0.264 e. The standard InChI is InChI=1S/C31H39N3O4S/c1-4-7-22-32-31(36)28(6-3)33(23-25-16-10-8-11-17-25)30(35)24-34(29-21-15-14-18-26(29)5-2)39(37,38)27-19-12-9-13-20-27/h8-21,28H,4-7,22-24H2,1-3H3,(H,32,36)/t28-/m0/s1. The third-order valence-corrected chi connectivity index (χ3v) is 8.44. The molecule has 0 aliphatic heterocycles. The van der Waals surface area contributed by atoms with E-state index in [1.807, 2.05) is 63.2 Å². The third-order valence-electron chi connectivity index (χ3n) is 6.66. The zero-order valence-corrected chi connectivity index (χ0v) is 23.9. The van der Waals surface area contributed by atoms with E-state index < -0.39 is 28.5 Å². The van der Waals surface area contributed by atoms with Gasteiger partial charge in [-0.2, -0.15) is 0 Å². The number of rotatable bonds is 14. The summed E-state index contributed by atoms with van der Waals surface area (Å²) in [6.07, 6.45) is 2.77. The molecule has 2 amide bonds. The summed E-state index contributed by atoms with van der Waals surface area (Å²) < 4.78 is 29.1. The van der Waals surface area contributed by atoms with Crippen molar-refractivity contribution < 1.29 is 18.0 Å². The Bertz CT molecular complexity index is 1310. The average molecular weight is 550 g/mol. The van der Waals surface area contributed by atoms with E-state index in [0.717, 1.165) is 24.0 Å². The van der Waals surface area contributed by atoms with E-state index in [1.54, 1.807) is 30.3 Å². The highest BCUT2D eigenvalue weighted by atomic mass is 32.2. The zero-order chi connectivity index (χ0) is 28.3. The smallest absolute Gasteiger partial charge is 0.264 e. The molecule has 0 saturated heterocycles. The number of anilines is 1. The van der Waals surface area contributed by atoms with Crippen LogP contribution in [0.1, 0.15) is 51.2 Å². The molecule has 0 heterocycles. The molecule has 0 saturated carbocycles. The molecule has 3 aromatic carbocycles. The Labute approximate surface area is 232 Å². The highest BCUT2D eigenvalue weighted by molar-refractivity contribution is 7.92. The van der Waals surface area contributed by atoms with Gasteiger partial charge in [0.05, 0.1) is 10.6 Å². The minimum Gasteiger partial charge on any atom is -0.354 e. The van der Waals surface area contributed by atoms with Crippen molar-refractivity contribution in [3.63, 3.8) is 0 Å². The summed E-state index contributed by atoms with van der Waals surface area (Å²) in [4.78, 5) is 28.9. The lowest BCUT2D eigenvalue weighted by atomic mass is 10.1. The van der Waals surface area contributed by atoms with Crippen molar-refractivity contribution >= 4 is 27.5 Å². The Kier molecular flexibility index (Phi) is 11.1. The van der Waals surface area contributed by atoms with E-state index in [1.165, 1.54) is 21.3 Å². The molecule has 208 valence electrons. The first kappa shape index (κ1) is 29.9. The first-order valence-corrected chi connectivity index (χ1v) is 15.0. The number of carbonyl (C=O) groups excluding carboxylic acids is 2. The fourth-order valence-electron chi connectivity index (χ4n) is 4.49. The molecule has 0 aromatic heterocycles. The van der Waals surface area contributed by atoms with Gasteiger partial charge in [-0.25, -0.2) is 8.42 Å². The first-order chi connectivity index (χ1) is 18.8. The second-order valence-corrected chi connectivity index (χ2v) is 11.2. The predicted octanol–water partition coefficient (Wildman–Crippen LogP) is 5.17. The van der Waals surface area contributed by atoms with Gasteiger partial charge in [0.2, 0.25) is 11.8 Å². The molecule has 3 aromatic rings. The molecular weight excluding hydrogens is 510 g/mol. The van der Waals surface area contributed by atoms with Crippen LogP contribution < -0.4 is 9.62 Å². The van der Waals surface area contributed by atoms with E-state index in [0.29, 0.717) is 25.1 Å². The molecule has 0 spiro atoms. The number of hydrogen-bond donors (Lipinski definition) is 1. The van der Waals surface area contributed by atoms with Gasteiger partial charge in [-0.15, -0.1) is 0 Å². The predicted molar refractivity (Wildman–Crippen MR) is 156 cm³/mol. The first-order valence-electron chi connectivity index (χ1n) is 13.6. The average Bonchev–Trinajstić information content (AvgIpc) is 2.96. The number of unbranched alkanes of at least 4 members (excludes halogenated alkanes) is 1. The third kappa shape index (κ3) is 7.69. The maximum absolute atomic E-state index is 14.1. The molecule has 7 nitrogen and oxygen atoms in total. The summed E-state index contributed by atoms with van der Waals surface area (Å²) in [6, 6.07) is 24.0. The molecule has 0 bridgehead atoms. The largest absolute Gasteiger partial charge is 0.354 e. The summed E-state index contributed by atoms with van der Waals surface area (Å²) in [6.45, 7) is 6.14. The lowest BCUT2D eigenvalue weighted by molar-refractivity contribution is -0.140. The minimum atomic E-state index is -4.07. The molecule has 1 N–H and O–H groups in total. The number of aryl methyl sites for hydroxylation is 1. The van der Waals surface area contributed by atoms with Crippen LogP contribution in [-0.4, -0.2) is 44.3 Å². The molecule has 8 heteroatoms. The topological polar surface area (TPSA) is 86.8 Å². The van der Waals surface area contributed by atoms with Crippen molar-refractivity contribution in [2.24, 2.45) is 0 Å². The number of nitrogens with one attached hydrogen (secondary N) is 1. The highest BCUT2D eigenvalue weighted by Gasteiger charge is 2.34. The van der Waals surface area contributed by atoms with E-state index >= 15 is 0 Å². The van der Waals surface area contributed by atoms with Crippen LogP contribution in [0.25, 0.3) is 0 Å². The van der Waals surface area contributed by atoms with Crippen molar-refractivity contribution in [3.05, 3.63) is 96.1 Å². The van der Waals surface area contributed by atoms with Crippen LogP contribution in [0.4, 0.5) is 5.69 Å².